The molecule has 3 heterocycles. The molecule has 0 aliphatic carbocycles. The van der Waals surface area contributed by atoms with Crippen molar-refractivity contribution in [3.63, 3.8) is 0 Å². The number of nitrogens with zero attached hydrogens (tertiary/aromatic N) is 5. The minimum absolute atomic E-state index is 0.0239. The van der Waals surface area contributed by atoms with Gasteiger partial charge < -0.3 is 20.0 Å². The molecule has 2 saturated heterocycles. The van der Waals surface area contributed by atoms with Gasteiger partial charge in [0.1, 0.15) is 11.7 Å². The second-order valence-corrected chi connectivity index (χ2v) is 8.83. The molecule has 11 nitrogen and oxygen atoms in total. The van der Waals surface area contributed by atoms with Gasteiger partial charge in [0.25, 0.3) is 11.6 Å². The highest BCUT2D eigenvalue weighted by atomic mass is 32.1. The number of piperazine rings is 1. The third-order valence-electron chi connectivity index (χ3n) is 5.96. The molecule has 4 rings (SSSR count). The minimum atomic E-state index is -0.653. The van der Waals surface area contributed by atoms with Crippen molar-refractivity contribution in [2.24, 2.45) is 0 Å². The van der Waals surface area contributed by atoms with Gasteiger partial charge in [0.2, 0.25) is 11.8 Å². The number of amides is 3. The van der Waals surface area contributed by atoms with Crippen LogP contribution in [0.5, 0.6) is 0 Å². The highest BCUT2D eigenvalue weighted by molar-refractivity contribution is 7.13. The first-order valence-electron chi connectivity index (χ1n) is 10.7. The number of aromatic nitrogens is 1. The monoisotopic (exact) mass is 472 g/mol. The summed E-state index contributed by atoms with van der Waals surface area (Å²) in [7, 11) is 0. The van der Waals surface area contributed by atoms with Gasteiger partial charge in [0, 0.05) is 62.9 Å². The molecular formula is C21H24N6O5S. The molecule has 174 valence electrons. The van der Waals surface area contributed by atoms with Crippen LogP contribution in [0.1, 0.15) is 30.1 Å². The highest BCUT2D eigenvalue weighted by Crippen LogP contribution is 2.31. The number of nitro groups is 1. The quantitative estimate of drug-likeness (QED) is 0.520. The van der Waals surface area contributed by atoms with Crippen LogP contribution in [0.3, 0.4) is 0 Å². The number of carbonyl (C=O) groups excluding carboxylic acids is 3. The molecule has 12 heteroatoms. The summed E-state index contributed by atoms with van der Waals surface area (Å²) in [5.41, 5.74) is 0.418. The van der Waals surface area contributed by atoms with E-state index in [1.807, 2.05) is 4.90 Å². The van der Waals surface area contributed by atoms with Crippen molar-refractivity contribution < 1.29 is 19.3 Å². The van der Waals surface area contributed by atoms with Crippen molar-refractivity contribution in [3.05, 3.63) is 45.5 Å². The number of hydrogen-bond acceptors (Lipinski definition) is 8. The maximum absolute atomic E-state index is 13.2. The van der Waals surface area contributed by atoms with Crippen LogP contribution in [-0.4, -0.2) is 76.2 Å². The van der Waals surface area contributed by atoms with E-state index in [4.69, 9.17) is 0 Å². The number of likely N-dealkylation sites (tertiary alicyclic amines) is 1. The van der Waals surface area contributed by atoms with Crippen LogP contribution in [0.4, 0.5) is 16.5 Å². The van der Waals surface area contributed by atoms with Gasteiger partial charge in [-0.1, -0.05) is 0 Å². The van der Waals surface area contributed by atoms with Crippen LogP contribution in [0.15, 0.2) is 29.8 Å². The van der Waals surface area contributed by atoms with E-state index >= 15 is 0 Å². The first-order valence-corrected chi connectivity index (χ1v) is 11.5. The molecule has 2 fully saturated rings. The minimum Gasteiger partial charge on any atom is -0.362 e. The molecule has 1 aromatic heterocycles. The Labute approximate surface area is 194 Å². The van der Waals surface area contributed by atoms with Crippen molar-refractivity contribution in [1.82, 2.24) is 14.8 Å². The van der Waals surface area contributed by atoms with E-state index in [-0.39, 0.29) is 23.1 Å². The maximum atomic E-state index is 13.2. The molecule has 0 bridgehead atoms. The number of hydrogen-bond donors (Lipinski definition) is 1. The van der Waals surface area contributed by atoms with Gasteiger partial charge in [0.05, 0.1) is 4.92 Å². The third kappa shape index (κ3) is 4.80. The van der Waals surface area contributed by atoms with Crippen LogP contribution in [0.2, 0.25) is 0 Å². The molecule has 1 atom stereocenters. The van der Waals surface area contributed by atoms with Gasteiger partial charge >= 0.3 is 0 Å². The Kier molecular flexibility index (Phi) is 6.54. The van der Waals surface area contributed by atoms with E-state index < -0.39 is 16.9 Å². The van der Waals surface area contributed by atoms with E-state index in [1.165, 1.54) is 29.2 Å². The fraction of sp³-hybridized carbons (Fsp3) is 0.429. The SMILES string of the molecule is CC(=O)N1CCN(c2ccc(C(=O)N3CCCC3C(=O)Nc3nccs3)cc2[N+](=O)[O-])CC1. The molecule has 0 saturated carbocycles. The molecular weight excluding hydrogens is 448 g/mol. The summed E-state index contributed by atoms with van der Waals surface area (Å²) in [6.07, 6.45) is 2.77. The number of benzene rings is 1. The number of rotatable bonds is 5. The molecule has 0 spiro atoms. The Morgan fingerprint density at radius 1 is 1.18 bits per heavy atom. The zero-order valence-corrected chi connectivity index (χ0v) is 18.9. The van der Waals surface area contributed by atoms with E-state index in [9.17, 15) is 24.5 Å². The van der Waals surface area contributed by atoms with Crippen LogP contribution < -0.4 is 10.2 Å². The first kappa shape index (κ1) is 22.6. The molecule has 1 unspecified atom stereocenters. The van der Waals surface area contributed by atoms with Crippen molar-refractivity contribution in [3.8, 4) is 0 Å². The Morgan fingerprint density at radius 2 is 1.94 bits per heavy atom. The van der Waals surface area contributed by atoms with Gasteiger partial charge in [-0.05, 0) is 25.0 Å². The Hall–Kier alpha value is -3.54. The van der Waals surface area contributed by atoms with Crippen LogP contribution >= 0.6 is 11.3 Å². The second-order valence-electron chi connectivity index (χ2n) is 7.94. The average Bonchev–Trinajstić information content (AvgIpc) is 3.50. The average molecular weight is 473 g/mol. The van der Waals surface area contributed by atoms with Crippen LogP contribution in [0.25, 0.3) is 0 Å². The lowest BCUT2D eigenvalue weighted by Crippen LogP contribution is -2.48. The van der Waals surface area contributed by atoms with Crippen molar-refractivity contribution in [1.29, 1.82) is 0 Å². The number of nitro benzene ring substituents is 1. The topological polar surface area (TPSA) is 129 Å². The van der Waals surface area contributed by atoms with E-state index in [2.05, 4.69) is 10.3 Å². The standard InChI is InChI=1S/C21H24N6O5S/c1-14(28)24-8-10-25(11-9-24)16-5-4-15(13-18(16)27(31)32)20(30)26-7-2-3-17(26)19(29)23-21-22-6-12-33-21/h4-6,12-13,17H,2-3,7-11H2,1H3,(H,22,23,29). The smallest absolute Gasteiger partial charge is 0.293 e. The lowest BCUT2D eigenvalue weighted by atomic mass is 10.1. The molecule has 0 radical (unpaired) electrons. The van der Waals surface area contributed by atoms with E-state index in [0.29, 0.717) is 56.4 Å². The summed E-state index contributed by atoms with van der Waals surface area (Å²) >= 11 is 1.29. The zero-order valence-electron chi connectivity index (χ0n) is 18.1. The molecule has 2 aliphatic rings. The first-order chi connectivity index (χ1) is 15.8. The summed E-state index contributed by atoms with van der Waals surface area (Å²) in [4.78, 5) is 57.8. The van der Waals surface area contributed by atoms with Crippen LogP contribution in [-0.2, 0) is 9.59 Å². The third-order valence-corrected chi connectivity index (χ3v) is 6.65. The van der Waals surface area contributed by atoms with Gasteiger partial charge in [0.15, 0.2) is 5.13 Å². The molecule has 33 heavy (non-hydrogen) atoms. The van der Waals surface area contributed by atoms with E-state index in [1.54, 1.807) is 28.6 Å². The maximum Gasteiger partial charge on any atom is 0.293 e. The number of anilines is 2. The van der Waals surface area contributed by atoms with Gasteiger partial charge in [-0.15, -0.1) is 11.3 Å². The molecule has 2 aromatic rings. The predicted molar refractivity (Wildman–Crippen MR) is 122 cm³/mol. The summed E-state index contributed by atoms with van der Waals surface area (Å²) in [5, 5.41) is 16.7. The lowest BCUT2D eigenvalue weighted by Gasteiger charge is -2.35. The molecule has 1 N–H and O–H groups in total. The lowest BCUT2D eigenvalue weighted by molar-refractivity contribution is -0.384. The van der Waals surface area contributed by atoms with Gasteiger partial charge in [-0.3, -0.25) is 24.5 Å². The Bertz CT molecular complexity index is 1070. The fourth-order valence-corrected chi connectivity index (χ4v) is 4.79. The number of thiazole rings is 1. The highest BCUT2D eigenvalue weighted by Gasteiger charge is 2.36. The summed E-state index contributed by atoms with van der Waals surface area (Å²) in [6, 6.07) is 3.77. The fourth-order valence-electron chi connectivity index (χ4n) is 4.25. The summed E-state index contributed by atoms with van der Waals surface area (Å²) in [6.45, 7) is 3.81. The largest absolute Gasteiger partial charge is 0.362 e. The number of carbonyl (C=O) groups is 3. The Morgan fingerprint density at radius 3 is 2.58 bits per heavy atom. The normalized spacial score (nSPS) is 18.3. The molecule has 3 amide bonds. The van der Waals surface area contributed by atoms with Gasteiger partial charge in [-0.2, -0.15) is 0 Å². The number of nitrogens with one attached hydrogen (secondary N) is 1. The second kappa shape index (κ2) is 9.53. The molecule has 1 aromatic carbocycles. The van der Waals surface area contributed by atoms with Crippen LogP contribution in [0, 0.1) is 10.1 Å². The van der Waals surface area contributed by atoms with Crippen molar-refractivity contribution in [2.75, 3.05) is 42.9 Å². The predicted octanol–water partition coefficient (Wildman–Crippen LogP) is 1.96. The summed E-state index contributed by atoms with van der Waals surface area (Å²) in [5.74, 6) is -0.753. The molecule has 2 aliphatic heterocycles. The van der Waals surface area contributed by atoms with Crippen molar-refractivity contribution in [2.45, 2.75) is 25.8 Å². The van der Waals surface area contributed by atoms with E-state index in [0.717, 1.165) is 0 Å². The zero-order chi connectivity index (χ0) is 23.5. The summed E-state index contributed by atoms with van der Waals surface area (Å²) < 4.78 is 0. The van der Waals surface area contributed by atoms with Crippen molar-refractivity contribution >= 4 is 45.6 Å². The Balaban J connectivity index is 1.52. The van der Waals surface area contributed by atoms with Gasteiger partial charge in [-0.25, -0.2) is 4.98 Å².